The van der Waals surface area contributed by atoms with Crippen LogP contribution in [0, 0.1) is 40.4 Å². The molecule has 1 saturated heterocycles. The van der Waals surface area contributed by atoms with Gasteiger partial charge in [0.05, 0.1) is 0 Å². The molecule has 1 heterocycles. The lowest BCUT2D eigenvalue weighted by atomic mass is 9.44. The molecule has 186 valence electrons. The number of ether oxygens (including phenoxy) is 3. The van der Waals surface area contributed by atoms with Gasteiger partial charge in [-0.2, -0.15) is 0 Å². The van der Waals surface area contributed by atoms with Crippen molar-refractivity contribution in [2.75, 3.05) is 13.2 Å². The highest BCUT2D eigenvalue weighted by Gasteiger charge is 2.61. The molecule has 5 aliphatic rings. The average molecular weight is 461 g/mol. The third-order valence-electron chi connectivity index (χ3n) is 10.9. The summed E-state index contributed by atoms with van der Waals surface area (Å²) < 4.78 is 17.2. The van der Waals surface area contributed by atoms with Crippen LogP contribution in [0.1, 0.15) is 97.8 Å². The molecule has 33 heavy (non-hydrogen) atoms. The van der Waals surface area contributed by atoms with Gasteiger partial charge in [0.2, 0.25) is 0 Å². The Balaban J connectivity index is 1.24. The van der Waals surface area contributed by atoms with Crippen molar-refractivity contribution in [1.29, 1.82) is 0 Å². The molecule has 9 unspecified atom stereocenters. The van der Waals surface area contributed by atoms with Gasteiger partial charge in [0, 0.05) is 19.4 Å². The van der Waals surface area contributed by atoms with Gasteiger partial charge in [-0.3, -0.25) is 9.59 Å². The van der Waals surface area contributed by atoms with E-state index in [0.717, 1.165) is 57.0 Å². The molecule has 0 bridgehead atoms. The SMILES string of the molecule is CC(=O)OC1CCC2(C)C(CCC3C2CCC2(C)C(C(=O)COC4CCCCO4)CCC32)C1. The summed E-state index contributed by atoms with van der Waals surface area (Å²) in [5.74, 6) is 3.17. The predicted molar refractivity (Wildman–Crippen MR) is 125 cm³/mol. The van der Waals surface area contributed by atoms with Crippen LogP contribution in [0.4, 0.5) is 0 Å². The Hall–Kier alpha value is -0.940. The first-order valence-electron chi connectivity index (χ1n) is 13.7. The third-order valence-corrected chi connectivity index (χ3v) is 10.9. The standard InChI is InChI=1S/C28H44O5/c1-18(29)33-20-11-13-27(2)19(16-20)7-8-21-22-9-10-24(28(22,3)14-12-23(21)27)25(30)17-32-26-6-4-5-15-31-26/h19-24,26H,4-17H2,1-3H3. The van der Waals surface area contributed by atoms with Crippen molar-refractivity contribution in [3.05, 3.63) is 0 Å². The number of carbonyl (C=O) groups is 2. The van der Waals surface area contributed by atoms with Crippen LogP contribution in [0.5, 0.6) is 0 Å². The summed E-state index contributed by atoms with van der Waals surface area (Å²) in [7, 11) is 0. The zero-order valence-corrected chi connectivity index (χ0v) is 21.0. The summed E-state index contributed by atoms with van der Waals surface area (Å²) in [4.78, 5) is 24.8. The summed E-state index contributed by atoms with van der Waals surface area (Å²) in [6.45, 7) is 7.48. The van der Waals surface area contributed by atoms with Crippen LogP contribution < -0.4 is 0 Å². The summed E-state index contributed by atoms with van der Waals surface area (Å²) in [5.41, 5.74) is 0.498. The van der Waals surface area contributed by atoms with Gasteiger partial charge in [-0.1, -0.05) is 13.8 Å². The molecule has 0 aromatic heterocycles. The average Bonchev–Trinajstić information content (AvgIpc) is 3.15. The maximum absolute atomic E-state index is 13.3. The predicted octanol–water partition coefficient (Wildman–Crippen LogP) is 5.69. The van der Waals surface area contributed by atoms with E-state index in [2.05, 4.69) is 13.8 Å². The second kappa shape index (κ2) is 9.26. The van der Waals surface area contributed by atoms with Gasteiger partial charge in [-0.15, -0.1) is 0 Å². The highest BCUT2D eigenvalue weighted by molar-refractivity contribution is 5.83. The minimum atomic E-state index is -0.180. The molecule has 9 atom stereocenters. The van der Waals surface area contributed by atoms with Gasteiger partial charge in [0.25, 0.3) is 0 Å². The van der Waals surface area contributed by atoms with Crippen LogP contribution in [0.2, 0.25) is 0 Å². The minimum absolute atomic E-state index is 0.118. The van der Waals surface area contributed by atoms with Gasteiger partial charge in [-0.25, -0.2) is 0 Å². The molecule has 4 saturated carbocycles. The highest BCUT2D eigenvalue weighted by Crippen LogP contribution is 2.67. The van der Waals surface area contributed by atoms with Crippen LogP contribution in [0.3, 0.4) is 0 Å². The molecule has 0 amide bonds. The van der Waals surface area contributed by atoms with Crippen LogP contribution >= 0.6 is 0 Å². The molecule has 5 nitrogen and oxygen atoms in total. The van der Waals surface area contributed by atoms with E-state index in [-0.39, 0.29) is 36.3 Å². The van der Waals surface area contributed by atoms with Crippen molar-refractivity contribution < 1.29 is 23.8 Å². The maximum atomic E-state index is 13.3. The van der Waals surface area contributed by atoms with Crippen molar-refractivity contribution in [2.24, 2.45) is 40.4 Å². The van der Waals surface area contributed by atoms with Crippen molar-refractivity contribution in [3.63, 3.8) is 0 Å². The van der Waals surface area contributed by atoms with E-state index in [1.54, 1.807) is 0 Å². The molecule has 0 spiro atoms. The van der Waals surface area contributed by atoms with Crippen molar-refractivity contribution in [2.45, 2.75) is 110 Å². The van der Waals surface area contributed by atoms with Gasteiger partial charge < -0.3 is 14.2 Å². The van der Waals surface area contributed by atoms with Gasteiger partial charge >= 0.3 is 5.97 Å². The lowest BCUT2D eigenvalue weighted by Gasteiger charge is -2.61. The first kappa shape index (κ1) is 23.8. The topological polar surface area (TPSA) is 61.8 Å². The normalized spacial score (nSPS) is 47.2. The van der Waals surface area contributed by atoms with Crippen LogP contribution in [-0.2, 0) is 23.8 Å². The lowest BCUT2D eigenvalue weighted by molar-refractivity contribution is -0.174. The van der Waals surface area contributed by atoms with E-state index in [0.29, 0.717) is 23.0 Å². The molecule has 0 N–H and O–H groups in total. The Morgan fingerprint density at radius 2 is 1.70 bits per heavy atom. The monoisotopic (exact) mass is 460 g/mol. The van der Waals surface area contributed by atoms with E-state index in [1.807, 2.05) is 0 Å². The number of fused-ring (bicyclic) bond motifs is 5. The van der Waals surface area contributed by atoms with Gasteiger partial charge in [0.1, 0.15) is 12.7 Å². The highest BCUT2D eigenvalue weighted by atomic mass is 16.7. The molecule has 0 aromatic rings. The fourth-order valence-electron chi connectivity index (χ4n) is 9.21. The molecule has 4 aliphatic carbocycles. The van der Waals surface area contributed by atoms with Crippen molar-refractivity contribution in [3.8, 4) is 0 Å². The molecular weight excluding hydrogens is 416 g/mol. The van der Waals surface area contributed by atoms with Crippen LogP contribution in [-0.4, -0.2) is 37.4 Å². The smallest absolute Gasteiger partial charge is 0.302 e. The number of ketones is 1. The largest absolute Gasteiger partial charge is 0.463 e. The quantitative estimate of drug-likeness (QED) is 0.493. The number of hydrogen-bond donors (Lipinski definition) is 0. The summed E-state index contributed by atoms with van der Waals surface area (Å²) in [6, 6.07) is 0. The molecule has 5 rings (SSSR count). The molecule has 5 heteroatoms. The van der Waals surface area contributed by atoms with E-state index in [9.17, 15) is 9.59 Å². The third kappa shape index (κ3) is 4.30. The Bertz CT molecular complexity index is 745. The number of rotatable bonds is 5. The fraction of sp³-hybridized carbons (Fsp3) is 0.929. The fourth-order valence-corrected chi connectivity index (χ4v) is 9.21. The lowest BCUT2D eigenvalue weighted by Crippen LogP contribution is -2.54. The Morgan fingerprint density at radius 1 is 0.909 bits per heavy atom. The van der Waals surface area contributed by atoms with E-state index < -0.39 is 0 Å². The second-order valence-corrected chi connectivity index (χ2v) is 12.4. The molecular formula is C28H44O5. The zero-order valence-electron chi connectivity index (χ0n) is 21.0. The first-order chi connectivity index (χ1) is 15.8. The molecule has 0 aromatic carbocycles. The van der Waals surface area contributed by atoms with E-state index >= 15 is 0 Å². The summed E-state index contributed by atoms with van der Waals surface area (Å²) in [6.07, 6.45) is 13.5. The number of hydrogen-bond acceptors (Lipinski definition) is 5. The Morgan fingerprint density at radius 3 is 2.45 bits per heavy atom. The molecule has 5 fully saturated rings. The molecule has 1 aliphatic heterocycles. The summed E-state index contributed by atoms with van der Waals surface area (Å²) >= 11 is 0. The minimum Gasteiger partial charge on any atom is -0.463 e. The number of carbonyl (C=O) groups excluding carboxylic acids is 2. The van der Waals surface area contributed by atoms with Crippen LogP contribution in [0.15, 0.2) is 0 Å². The second-order valence-electron chi connectivity index (χ2n) is 12.4. The van der Waals surface area contributed by atoms with Gasteiger partial charge in [-0.05, 0) is 112 Å². The van der Waals surface area contributed by atoms with Gasteiger partial charge in [0.15, 0.2) is 12.1 Å². The van der Waals surface area contributed by atoms with Crippen molar-refractivity contribution >= 4 is 11.8 Å². The van der Waals surface area contributed by atoms with E-state index in [1.165, 1.54) is 45.4 Å². The number of esters is 1. The Labute approximate surface area is 199 Å². The zero-order chi connectivity index (χ0) is 23.2. The maximum Gasteiger partial charge on any atom is 0.302 e. The molecule has 0 radical (unpaired) electrons. The van der Waals surface area contributed by atoms with Crippen molar-refractivity contribution in [1.82, 2.24) is 0 Å². The Kier molecular flexibility index (Phi) is 6.67. The summed E-state index contributed by atoms with van der Waals surface area (Å²) in [5, 5.41) is 0. The van der Waals surface area contributed by atoms with Crippen LogP contribution in [0.25, 0.3) is 0 Å². The number of Topliss-reactive ketones (excluding diaryl/α,β-unsaturated/α-hetero) is 1. The first-order valence-corrected chi connectivity index (χ1v) is 13.7. The van der Waals surface area contributed by atoms with E-state index in [4.69, 9.17) is 14.2 Å².